The molecule has 0 unspecified atom stereocenters. The summed E-state index contributed by atoms with van der Waals surface area (Å²) in [5.74, 6) is 0.698. The Morgan fingerprint density at radius 1 is 0.389 bits per heavy atom. The van der Waals surface area contributed by atoms with Crippen molar-refractivity contribution >= 4 is 54.6 Å². The third-order valence-electron chi connectivity index (χ3n) is 10.6. The first-order chi connectivity index (χ1) is 26.8. The molecular weight excluding hydrogens is 659 g/mol. The van der Waals surface area contributed by atoms with Crippen LogP contribution in [0.1, 0.15) is 0 Å². The van der Waals surface area contributed by atoms with Crippen LogP contribution in [0.5, 0.6) is 0 Å². The molecule has 0 aliphatic carbocycles. The lowest BCUT2D eigenvalue weighted by molar-refractivity contribution is 1.13. The molecule has 0 amide bonds. The lowest BCUT2D eigenvalue weighted by Crippen LogP contribution is -1.98. The number of hydrogen-bond donors (Lipinski definition) is 0. The van der Waals surface area contributed by atoms with Crippen LogP contribution in [0.4, 0.5) is 0 Å². The maximum Gasteiger partial charge on any atom is 0.160 e. The third-order valence-corrected chi connectivity index (χ3v) is 10.6. The minimum atomic E-state index is 0.698. The molecule has 0 atom stereocenters. The lowest BCUT2D eigenvalue weighted by atomic mass is 10.0. The van der Waals surface area contributed by atoms with Crippen LogP contribution in [0.2, 0.25) is 0 Å². The normalized spacial score (nSPS) is 11.7. The van der Waals surface area contributed by atoms with E-state index < -0.39 is 0 Å². The molecule has 7 aromatic carbocycles. The van der Waals surface area contributed by atoms with E-state index in [1.807, 2.05) is 30.5 Å². The van der Waals surface area contributed by atoms with E-state index in [0.717, 1.165) is 66.6 Å². The van der Waals surface area contributed by atoms with Gasteiger partial charge >= 0.3 is 0 Å². The van der Waals surface area contributed by atoms with E-state index in [0.29, 0.717) is 5.82 Å². The van der Waals surface area contributed by atoms with Crippen LogP contribution < -0.4 is 0 Å². The van der Waals surface area contributed by atoms with Gasteiger partial charge in [0.1, 0.15) is 5.65 Å². The summed E-state index contributed by atoms with van der Waals surface area (Å²) in [4.78, 5) is 15.0. The first kappa shape index (κ1) is 30.3. The molecule has 5 heteroatoms. The minimum Gasteiger partial charge on any atom is -0.309 e. The van der Waals surface area contributed by atoms with Crippen molar-refractivity contribution < 1.29 is 0 Å². The van der Waals surface area contributed by atoms with Crippen molar-refractivity contribution in [2.75, 3.05) is 0 Å². The zero-order valence-electron chi connectivity index (χ0n) is 29.1. The van der Waals surface area contributed by atoms with Crippen LogP contribution in [0.15, 0.2) is 188 Å². The van der Waals surface area contributed by atoms with Gasteiger partial charge < -0.3 is 4.57 Å². The summed E-state index contributed by atoms with van der Waals surface area (Å²) in [6, 6.07) is 64.1. The number of rotatable bonds is 5. The number of pyridine rings is 1. The number of fused-ring (bicyclic) bond motifs is 7. The van der Waals surface area contributed by atoms with Gasteiger partial charge in [0.05, 0.1) is 27.8 Å². The maximum absolute atomic E-state index is 5.12. The summed E-state index contributed by atoms with van der Waals surface area (Å²) in [5.41, 5.74) is 12.8. The Balaban J connectivity index is 1.09. The van der Waals surface area contributed by atoms with Crippen LogP contribution in [0.3, 0.4) is 0 Å². The smallest absolute Gasteiger partial charge is 0.160 e. The fourth-order valence-corrected chi connectivity index (χ4v) is 8.15. The molecule has 4 aromatic heterocycles. The van der Waals surface area contributed by atoms with Crippen LogP contribution in [-0.2, 0) is 0 Å². The topological polar surface area (TPSA) is 48.5 Å². The Kier molecular flexibility index (Phi) is 6.79. The van der Waals surface area contributed by atoms with E-state index >= 15 is 0 Å². The standard InChI is InChI=1S/C49H31N5/c1-3-13-32(14-4-1)46-42-18-7-9-22-43(42)51-48(52-46)33-24-27-36(28-25-33)54-45-31-34(26-29-39(45)41-21-12-30-50-49(41)54)37-19-11-20-40-38-17-8-10-23-44(38)53(47(37)40)35-15-5-2-6-16-35/h1-31H. The zero-order valence-corrected chi connectivity index (χ0v) is 29.1. The number of nitrogens with zero attached hydrogens (tertiary/aromatic N) is 5. The van der Waals surface area contributed by atoms with E-state index in [2.05, 4.69) is 167 Å². The van der Waals surface area contributed by atoms with Gasteiger partial charge in [0, 0.05) is 61.2 Å². The minimum absolute atomic E-state index is 0.698. The monoisotopic (exact) mass is 689 g/mol. The van der Waals surface area contributed by atoms with Crippen LogP contribution >= 0.6 is 0 Å². The van der Waals surface area contributed by atoms with Gasteiger partial charge in [-0.1, -0.05) is 115 Å². The summed E-state index contributed by atoms with van der Waals surface area (Å²) >= 11 is 0. The SMILES string of the molecule is c1ccc(-c2nc(-c3ccc(-n4c5cc(-c6cccc7c8ccccc8n(-c8ccccc8)c67)ccc5c5cccnc54)cc3)nc3ccccc23)cc1. The third kappa shape index (κ3) is 4.69. The first-order valence-corrected chi connectivity index (χ1v) is 18.2. The van der Waals surface area contributed by atoms with E-state index in [-0.39, 0.29) is 0 Å². The quantitative estimate of drug-likeness (QED) is 0.181. The van der Waals surface area contributed by atoms with E-state index in [1.165, 1.54) is 27.4 Å². The van der Waals surface area contributed by atoms with Crippen molar-refractivity contribution in [3.8, 4) is 45.1 Å². The molecule has 0 saturated heterocycles. The van der Waals surface area contributed by atoms with Gasteiger partial charge in [0.15, 0.2) is 5.82 Å². The molecule has 0 aliphatic heterocycles. The molecule has 5 nitrogen and oxygen atoms in total. The van der Waals surface area contributed by atoms with E-state index in [1.54, 1.807) is 0 Å². The number of aromatic nitrogens is 5. The van der Waals surface area contributed by atoms with Gasteiger partial charge in [-0.15, -0.1) is 0 Å². The van der Waals surface area contributed by atoms with Gasteiger partial charge in [0.2, 0.25) is 0 Å². The molecule has 0 radical (unpaired) electrons. The Morgan fingerprint density at radius 3 is 1.91 bits per heavy atom. The molecule has 0 bridgehead atoms. The van der Waals surface area contributed by atoms with Gasteiger partial charge in [-0.3, -0.25) is 4.57 Å². The van der Waals surface area contributed by atoms with Crippen LogP contribution in [-0.4, -0.2) is 24.1 Å². The van der Waals surface area contributed by atoms with E-state index in [9.17, 15) is 0 Å². The average molecular weight is 690 g/mol. The average Bonchev–Trinajstić information content (AvgIpc) is 3.77. The summed E-state index contributed by atoms with van der Waals surface area (Å²) in [5, 5.41) is 5.79. The van der Waals surface area contributed by atoms with Crippen LogP contribution in [0.25, 0.3) is 99.8 Å². The number of hydrogen-bond acceptors (Lipinski definition) is 3. The largest absolute Gasteiger partial charge is 0.309 e. The summed E-state index contributed by atoms with van der Waals surface area (Å²) in [6.45, 7) is 0. The highest BCUT2D eigenvalue weighted by molar-refractivity contribution is 6.15. The predicted molar refractivity (Wildman–Crippen MR) is 222 cm³/mol. The molecule has 11 aromatic rings. The molecule has 0 spiro atoms. The molecule has 11 rings (SSSR count). The van der Waals surface area contributed by atoms with E-state index in [4.69, 9.17) is 15.0 Å². The molecule has 54 heavy (non-hydrogen) atoms. The zero-order chi connectivity index (χ0) is 35.6. The van der Waals surface area contributed by atoms with Crippen molar-refractivity contribution in [2.24, 2.45) is 0 Å². The molecule has 0 saturated carbocycles. The molecule has 0 aliphatic rings. The fraction of sp³-hybridized carbons (Fsp3) is 0. The van der Waals surface area contributed by atoms with Gasteiger partial charge in [-0.25, -0.2) is 15.0 Å². The molecule has 4 heterocycles. The second-order valence-corrected chi connectivity index (χ2v) is 13.7. The summed E-state index contributed by atoms with van der Waals surface area (Å²) < 4.78 is 4.68. The van der Waals surface area contributed by atoms with Gasteiger partial charge in [0.25, 0.3) is 0 Å². The molecule has 252 valence electrons. The maximum atomic E-state index is 5.12. The van der Waals surface area contributed by atoms with Gasteiger partial charge in [-0.05, 0) is 72.3 Å². The molecule has 0 fully saturated rings. The fourth-order valence-electron chi connectivity index (χ4n) is 8.15. The van der Waals surface area contributed by atoms with Gasteiger partial charge in [-0.2, -0.15) is 0 Å². The van der Waals surface area contributed by atoms with Crippen molar-refractivity contribution in [3.63, 3.8) is 0 Å². The Bertz CT molecular complexity index is 3200. The summed E-state index contributed by atoms with van der Waals surface area (Å²) in [6.07, 6.45) is 1.88. The van der Waals surface area contributed by atoms with Crippen molar-refractivity contribution in [2.45, 2.75) is 0 Å². The molecule has 0 N–H and O–H groups in total. The highest BCUT2D eigenvalue weighted by atomic mass is 15.0. The van der Waals surface area contributed by atoms with Crippen molar-refractivity contribution in [1.29, 1.82) is 0 Å². The Hall–Kier alpha value is -7.37. The Labute approximate surface area is 311 Å². The Morgan fingerprint density at radius 2 is 1.06 bits per heavy atom. The van der Waals surface area contributed by atoms with Crippen LogP contribution in [0, 0.1) is 0 Å². The second kappa shape index (κ2) is 12.1. The second-order valence-electron chi connectivity index (χ2n) is 13.7. The lowest BCUT2D eigenvalue weighted by Gasteiger charge is -2.13. The highest BCUT2D eigenvalue weighted by Crippen LogP contribution is 2.40. The first-order valence-electron chi connectivity index (χ1n) is 18.2. The van der Waals surface area contributed by atoms with Crippen molar-refractivity contribution in [3.05, 3.63) is 188 Å². The number of benzene rings is 7. The molecular formula is C49H31N5. The summed E-state index contributed by atoms with van der Waals surface area (Å²) in [7, 11) is 0. The number of para-hydroxylation sites is 4. The van der Waals surface area contributed by atoms with Crippen molar-refractivity contribution in [1.82, 2.24) is 24.1 Å². The predicted octanol–water partition coefficient (Wildman–Crippen LogP) is 12.2. The highest BCUT2D eigenvalue weighted by Gasteiger charge is 2.19.